The van der Waals surface area contributed by atoms with E-state index in [0.717, 1.165) is 69.1 Å². The molecule has 0 spiro atoms. The molecule has 0 fully saturated rings. The normalized spacial score (nSPS) is 10.7. The second kappa shape index (κ2) is 13.0. The van der Waals surface area contributed by atoms with Gasteiger partial charge >= 0.3 is 0 Å². The lowest BCUT2D eigenvalue weighted by atomic mass is 10.1. The lowest BCUT2D eigenvalue weighted by Gasteiger charge is -2.19. The van der Waals surface area contributed by atoms with Crippen molar-refractivity contribution in [3.63, 3.8) is 0 Å². The van der Waals surface area contributed by atoms with Crippen molar-refractivity contribution in [3.8, 4) is 11.1 Å². The summed E-state index contributed by atoms with van der Waals surface area (Å²) in [6, 6.07) is 0. The highest BCUT2D eigenvalue weighted by Crippen LogP contribution is 2.55. The molecule has 11 heteroatoms. The molecule has 27 heavy (non-hydrogen) atoms. The predicted octanol–water partition coefficient (Wildman–Crippen LogP) is 12.0. The highest BCUT2D eigenvalue weighted by molar-refractivity contribution is 9.16. The third-order valence-electron chi connectivity index (χ3n) is 3.08. The van der Waals surface area contributed by atoms with Gasteiger partial charge in [0.2, 0.25) is 0 Å². The number of rotatable bonds is 3. The lowest BCUT2D eigenvalue weighted by molar-refractivity contribution is 0.162. The molecule has 0 N–H and O–H groups in total. The number of hydrogen-bond acceptors (Lipinski definition) is 1. The molecule has 0 aliphatic rings. The molecule has 0 amide bonds. The molecule has 0 aliphatic heterocycles. The predicted molar refractivity (Wildman–Crippen MR) is 151 cm³/mol. The molecule has 0 heterocycles. The van der Waals surface area contributed by atoms with Crippen molar-refractivity contribution in [1.29, 1.82) is 0 Å². The maximum Gasteiger partial charge on any atom is 0.0482 e. The van der Waals surface area contributed by atoms with Crippen molar-refractivity contribution >= 4 is 159 Å². The average Bonchev–Trinajstić information content (AvgIpc) is 2.65. The van der Waals surface area contributed by atoms with Gasteiger partial charge in [0, 0.05) is 69.1 Å². The third-order valence-corrected chi connectivity index (χ3v) is 15.3. The Morgan fingerprint density at radius 1 is 0.407 bits per heavy atom. The Hall–Kier alpha value is 3.20. The van der Waals surface area contributed by atoms with Gasteiger partial charge in [0.15, 0.2) is 0 Å². The van der Waals surface area contributed by atoms with E-state index in [2.05, 4.69) is 159 Å². The van der Waals surface area contributed by atoms with Crippen LogP contribution < -0.4 is 0 Å². The van der Waals surface area contributed by atoms with Gasteiger partial charge in [-0.2, -0.15) is 0 Å². The standard InChI is InChI=1S/C12Br10.C4H10O/c13-3-1(4(14)8(18)11(21)7(3)17)2-5(15)9(19)12(22)10(20)6(2)16;1-3-5-4-2/h;3-4H2,1-2H3. The van der Waals surface area contributed by atoms with Gasteiger partial charge in [-0.25, -0.2) is 0 Å². The first-order chi connectivity index (χ1) is 12.5. The Morgan fingerprint density at radius 3 is 0.741 bits per heavy atom. The number of ether oxygens (including phenoxy) is 1. The molecule has 2 aromatic carbocycles. The van der Waals surface area contributed by atoms with E-state index in [1.165, 1.54) is 0 Å². The van der Waals surface area contributed by atoms with Crippen LogP contribution in [0.4, 0.5) is 0 Å². The van der Waals surface area contributed by atoms with Gasteiger partial charge in [0.1, 0.15) is 0 Å². The van der Waals surface area contributed by atoms with Crippen molar-refractivity contribution in [2.75, 3.05) is 13.2 Å². The Bertz CT molecular complexity index is 723. The van der Waals surface area contributed by atoms with Gasteiger partial charge in [0.25, 0.3) is 0 Å². The molecule has 150 valence electrons. The van der Waals surface area contributed by atoms with Crippen molar-refractivity contribution in [3.05, 3.63) is 44.7 Å². The average molecular weight is 1020 g/mol. The van der Waals surface area contributed by atoms with Crippen LogP contribution in [-0.2, 0) is 4.74 Å². The Balaban J connectivity index is 0.000000646. The third kappa shape index (κ3) is 6.60. The maximum atomic E-state index is 4.83. The van der Waals surface area contributed by atoms with Gasteiger partial charge in [0.05, 0.1) is 0 Å². The summed E-state index contributed by atoms with van der Waals surface area (Å²) in [6.45, 7) is 5.67. The van der Waals surface area contributed by atoms with Crippen molar-refractivity contribution in [2.24, 2.45) is 0 Å². The first-order valence-corrected chi connectivity index (χ1v) is 15.1. The van der Waals surface area contributed by atoms with Crippen LogP contribution >= 0.6 is 159 Å². The van der Waals surface area contributed by atoms with E-state index < -0.39 is 0 Å². The molecule has 0 aliphatic carbocycles. The van der Waals surface area contributed by atoms with Crippen LogP contribution in [0.25, 0.3) is 11.1 Å². The van der Waals surface area contributed by atoms with Gasteiger partial charge < -0.3 is 4.74 Å². The molecule has 2 rings (SSSR count). The van der Waals surface area contributed by atoms with Crippen LogP contribution in [0, 0.1) is 0 Å². The highest BCUT2D eigenvalue weighted by atomic mass is 79.9. The van der Waals surface area contributed by atoms with Crippen LogP contribution in [0.5, 0.6) is 0 Å². The fraction of sp³-hybridized carbons (Fsp3) is 0.250. The minimum absolute atomic E-state index is 0.844. The maximum absolute atomic E-state index is 4.83. The van der Waals surface area contributed by atoms with Crippen LogP contribution in [-0.4, -0.2) is 13.2 Å². The van der Waals surface area contributed by atoms with E-state index >= 15 is 0 Å². The first kappa shape index (κ1) is 28.2. The summed E-state index contributed by atoms with van der Waals surface area (Å²) >= 11 is 36.3. The summed E-state index contributed by atoms with van der Waals surface area (Å²) in [4.78, 5) is 0. The topological polar surface area (TPSA) is 9.23 Å². The summed E-state index contributed by atoms with van der Waals surface area (Å²) in [5, 5.41) is 0. The summed E-state index contributed by atoms with van der Waals surface area (Å²) < 4.78 is 14.1. The molecule has 0 bridgehead atoms. The van der Waals surface area contributed by atoms with Crippen molar-refractivity contribution in [1.82, 2.24) is 0 Å². The Kier molecular flexibility index (Phi) is 13.6. The van der Waals surface area contributed by atoms with Gasteiger partial charge in [-0.1, -0.05) is 0 Å². The van der Waals surface area contributed by atoms with E-state index in [-0.39, 0.29) is 0 Å². The molecular weight excluding hydrogens is 1010 g/mol. The monoisotopic (exact) mass is 1010 g/mol. The molecule has 0 unspecified atom stereocenters. The minimum Gasteiger partial charge on any atom is -0.382 e. The van der Waals surface area contributed by atoms with E-state index in [0.29, 0.717) is 0 Å². The minimum atomic E-state index is 0.844. The second-order valence-electron chi connectivity index (χ2n) is 4.67. The first-order valence-electron chi connectivity index (χ1n) is 7.13. The number of halogens is 10. The molecular formula is C16H10Br10O. The molecule has 0 aromatic heterocycles. The SMILES string of the molecule is Brc1c(Br)c(Br)c(-c2c(Br)c(Br)c(Br)c(Br)c2Br)c(Br)c1Br.CCOCC. The summed E-state index contributed by atoms with van der Waals surface area (Å²) in [7, 11) is 0. The molecule has 2 aromatic rings. The molecule has 1 nitrogen and oxygen atoms in total. The summed E-state index contributed by atoms with van der Waals surface area (Å²) in [5.41, 5.74) is 1.99. The molecule has 0 radical (unpaired) electrons. The van der Waals surface area contributed by atoms with E-state index in [1.807, 2.05) is 13.8 Å². The number of benzene rings is 2. The zero-order valence-electron chi connectivity index (χ0n) is 13.6. The quantitative estimate of drug-likeness (QED) is 0.220. The van der Waals surface area contributed by atoms with Crippen molar-refractivity contribution < 1.29 is 4.74 Å². The fourth-order valence-corrected chi connectivity index (χ4v) is 8.74. The van der Waals surface area contributed by atoms with Crippen LogP contribution in [0.1, 0.15) is 13.8 Å². The molecule has 0 atom stereocenters. The van der Waals surface area contributed by atoms with Gasteiger partial charge in [-0.05, 0) is 173 Å². The molecule has 0 saturated heterocycles. The Labute approximate surface area is 243 Å². The largest absolute Gasteiger partial charge is 0.382 e. The highest BCUT2D eigenvalue weighted by Gasteiger charge is 2.25. The fourth-order valence-electron chi connectivity index (χ4n) is 1.85. The summed E-state index contributed by atoms with van der Waals surface area (Å²) in [6.07, 6.45) is 0. The number of hydrogen-bond donors (Lipinski definition) is 0. The van der Waals surface area contributed by atoms with Crippen LogP contribution in [0.15, 0.2) is 44.7 Å². The van der Waals surface area contributed by atoms with Gasteiger partial charge in [-0.3, -0.25) is 0 Å². The van der Waals surface area contributed by atoms with E-state index in [9.17, 15) is 0 Å². The Morgan fingerprint density at radius 2 is 0.593 bits per heavy atom. The van der Waals surface area contributed by atoms with Gasteiger partial charge in [-0.15, -0.1) is 0 Å². The zero-order valence-corrected chi connectivity index (χ0v) is 29.5. The van der Waals surface area contributed by atoms with E-state index in [1.54, 1.807) is 0 Å². The smallest absolute Gasteiger partial charge is 0.0482 e. The second-order valence-corrected chi connectivity index (χ2v) is 12.6. The lowest BCUT2D eigenvalue weighted by Crippen LogP contribution is -1.93. The van der Waals surface area contributed by atoms with Crippen LogP contribution in [0.2, 0.25) is 0 Å². The zero-order chi connectivity index (χ0) is 21.0. The van der Waals surface area contributed by atoms with Crippen molar-refractivity contribution in [2.45, 2.75) is 13.8 Å². The summed E-state index contributed by atoms with van der Waals surface area (Å²) in [5.74, 6) is 0. The van der Waals surface area contributed by atoms with E-state index in [4.69, 9.17) is 4.74 Å². The molecule has 0 saturated carbocycles. The van der Waals surface area contributed by atoms with Crippen LogP contribution in [0.3, 0.4) is 0 Å².